The second-order valence-electron chi connectivity index (χ2n) is 4.07. The van der Waals surface area contributed by atoms with Crippen molar-refractivity contribution < 1.29 is 19.5 Å². The molecule has 3 amide bonds. The third-order valence-electron chi connectivity index (χ3n) is 2.86. The summed E-state index contributed by atoms with van der Waals surface area (Å²) in [6.07, 6.45) is 2.80. The molecule has 1 unspecified atom stereocenters. The van der Waals surface area contributed by atoms with E-state index in [1.807, 2.05) is 0 Å². The van der Waals surface area contributed by atoms with Crippen molar-refractivity contribution in [2.45, 2.75) is 18.4 Å². The maximum Gasteiger partial charge on any atom is 0.322 e. The molecule has 1 aromatic rings. The van der Waals surface area contributed by atoms with E-state index in [9.17, 15) is 14.4 Å². The Balaban J connectivity index is 2.40. The molecule has 3 N–H and O–H groups in total. The van der Waals surface area contributed by atoms with Gasteiger partial charge in [-0.25, -0.2) is 9.78 Å². The molecule has 1 aliphatic rings. The summed E-state index contributed by atoms with van der Waals surface area (Å²) in [5.41, 5.74) is -1.41. The first-order valence-electron chi connectivity index (χ1n) is 5.29. The average molecular weight is 252 g/mol. The maximum atomic E-state index is 11.9. The minimum atomic E-state index is -1.41. The molecular formula is C10H12N4O4. The Hall–Kier alpha value is -2.38. The summed E-state index contributed by atoms with van der Waals surface area (Å²) in [6.45, 7) is 0. The molecule has 18 heavy (non-hydrogen) atoms. The molecule has 0 radical (unpaired) electrons. The highest BCUT2D eigenvalue weighted by atomic mass is 16.4. The number of aromatic nitrogens is 2. The van der Waals surface area contributed by atoms with Gasteiger partial charge in [-0.15, -0.1) is 0 Å². The maximum absolute atomic E-state index is 11.9. The van der Waals surface area contributed by atoms with Crippen molar-refractivity contribution in [2.24, 2.45) is 7.05 Å². The fourth-order valence-electron chi connectivity index (χ4n) is 2.01. The van der Waals surface area contributed by atoms with Crippen LogP contribution in [-0.2, 0) is 22.2 Å². The molecule has 0 bridgehead atoms. The van der Waals surface area contributed by atoms with E-state index in [-0.39, 0.29) is 12.8 Å². The number of rotatable bonds is 4. The summed E-state index contributed by atoms with van der Waals surface area (Å²) in [5, 5.41) is 13.3. The van der Waals surface area contributed by atoms with Crippen LogP contribution in [0, 0.1) is 0 Å². The summed E-state index contributed by atoms with van der Waals surface area (Å²) in [4.78, 5) is 37.9. The molecule has 1 atom stereocenters. The number of nitrogens with zero attached hydrogens (tertiary/aromatic N) is 2. The number of carboxylic acids is 1. The molecule has 96 valence electrons. The highest BCUT2D eigenvalue weighted by Crippen LogP contribution is 2.28. The van der Waals surface area contributed by atoms with Crippen LogP contribution >= 0.6 is 0 Å². The van der Waals surface area contributed by atoms with E-state index >= 15 is 0 Å². The Kier molecular flexibility index (Phi) is 2.77. The van der Waals surface area contributed by atoms with E-state index in [1.54, 1.807) is 17.8 Å². The standard InChI is InChI=1S/C10H12N4O4/c1-14-5-4-11-7(14)10(3-2-6(15)16)8(17)12-9(18)13-10/h4-5H,2-3H2,1H3,(H,15,16)(H2,12,13,17,18). The average Bonchev–Trinajstić information content (AvgIpc) is 2.81. The number of imidazole rings is 1. The minimum absolute atomic E-state index is 0.0508. The van der Waals surface area contributed by atoms with Crippen LogP contribution in [0.15, 0.2) is 12.4 Å². The number of carboxylic acid groups (broad SMARTS) is 1. The molecule has 2 heterocycles. The predicted molar refractivity (Wildman–Crippen MR) is 58.4 cm³/mol. The summed E-state index contributed by atoms with van der Waals surface area (Å²) in [5.74, 6) is -1.31. The zero-order chi connectivity index (χ0) is 13.3. The topological polar surface area (TPSA) is 113 Å². The van der Waals surface area contributed by atoms with Crippen LogP contribution < -0.4 is 10.6 Å². The Labute approximate surface area is 102 Å². The molecule has 2 rings (SSSR count). The molecule has 1 aromatic heterocycles. The van der Waals surface area contributed by atoms with Gasteiger partial charge in [0.15, 0.2) is 5.54 Å². The number of carbonyl (C=O) groups excluding carboxylic acids is 2. The lowest BCUT2D eigenvalue weighted by molar-refractivity contribution is -0.137. The van der Waals surface area contributed by atoms with Gasteiger partial charge >= 0.3 is 12.0 Å². The third kappa shape index (κ3) is 1.81. The Bertz CT molecular complexity index is 524. The van der Waals surface area contributed by atoms with Crippen LogP contribution in [0.1, 0.15) is 18.7 Å². The summed E-state index contributed by atoms with van der Waals surface area (Å²) >= 11 is 0. The van der Waals surface area contributed by atoms with Crippen LogP contribution in [0.25, 0.3) is 0 Å². The molecule has 1 aliphatic heterocycles. The number of aryl methyl sites for hydroxylation is 1. The van der Waals surface area contributed by atoms with E-state index in [0.29, 0.717) is 5.82 Å². The first-order valence-corrected chi connectivity index (χ1v) is 5.29. The van der Waals surface area contributed by atoms with Gasteiger partial charge in [-0.1, -0.05) is 0 Å². The number of hydrogen-bond donors (Lipinski definition) is 3. The van der Waals surface area contributed by atoms with E-state index in [1.165, 1.54) is 6.20 Å². The van der Waals surface area contributed by atoms with E-state index < -0.39 is 23.4 Å². The van der Waals surface area contributed by atoms with Gasteiger partial charge in [-0.2, -0.15) is 0 Å². The van der Waals surface area contributed by atoms with Crippen molar-refractivity contribution in [3.05, 3.63) is 18.2 Å². The Morgan fingerprint density at radius 1 is 1.56 bits per heavy atom. The molecule has 0 aliphatic carbocycles. The first kappa shape index (κ1) is 12.1. The lowest BCUT2D eigenvalue weighted by atomic mass is 9.92. The van der Waals surface area contributed by atoms with Crippen molar-refractivity contribution >= 4 is 17.9 Å². The zero-order valence-corrected chi connectivity index (χ0v) is 9.64. The number of imide groups is 1. The number of hydrogen-bond acceptors (Lipinski definition) is 4. The largest absolute Gasteiger partial charge is 0.481 e. The Morgan fingerprint density at radius 3 is 2.72 bits per heavy atom. The molecule has 1 saturated heterocycles. The summed E-state index contributed by atoms with van der Waals surface area (Å²) < 4.78 is 1.58. The summed E-state index contributed by atoms with van der Waals surface area (Å²) in [6, 6.07) is -0.645. The molecular weight excluding hydrogens is 240 g/mol. The fraction of sp³-hybridized carbons (Fsp3) is 0.400. The molecule has 8 nitrogen and oxygen atoms in total. The predicted octanol–water partition coefficient (Wildman–Crippen LogP) is -0.680. The third-order valence-corrected chi connectivity index (χ3v) is 2.86. The van der Waals surface area contributed by atoms with Crippen LogP contribution in [0.3, 0.4) is 0 Å². The molecule has 0 aromatic carbocycles. The van der Waals surface area contributed by atoms with Gasteiger partial charge in [0, 0.05) is 25.9 Å². The van der Waals surface area contributed by atoms with Crippen LogP contribution in [0.2, 0.25) is 0 Å². The van der Waals surface area contributed by atoms with Gasteiger partial charge in [-0.05, 0) is 6.42 Å². The highest BCUT2D eigenvalue weighted by molar-refractivity contribution is 6.07. The number of amides is 3. The van der Waals surface area contributed by atoms with Gasteiger partial charge in [0.1, 0.15) is 5.82 Å². The SMILES string of the molecule is Cn1ccnc1C1(CCC(=O)O)NC(=O)NC1=O. The Morgan fingerprint density at radius 2 is 2.28 bits per heavy atom. The van der Waals surface area contributed by atoms with Crippen molar-refractivity contribution in [1.29, 1.82) is 0 Å². The molecule has 0 saturated carbocycles. The van der Waals surface area contributed by atoms with Crippen LogP contribution in [-0.4, -0.2) is 32.6 Å². The normalized spacial score (nSPS) is 22.7. The highest BCUT2D eigenvalue weighted by Gasteiger charge is 2.50. The lowest BCUT2D eigenvalue weighted by Gasteiger charge is -2.24. The van der Waals surface area contributed by atoms with E-state index in [4.69, 9.17) is 5.11 Å². The first-order chi connectivity index (χ1) is 8.45. The van der Waals surface area contributed by atoms with E-state index in [2.05, 4.69) is 15.6 Å². The number of nitrogens with one attached hydrogen (secondary N) is 2. The fourth-order valence-corrected chi connectivity index (χ4v) is 2.01. The van der Waals surface area contributed by atoms with Gasteiger partial charge in [-0.3, -0.25) is 14.9 Å². The zero-order valence-electron chi connectivity index (χ0n) is 9.64. The van der Waals surface area contributed by atoms with Crippen molar-refractivity contribution in [2.75, 3.05) is 0 Å². The van der Waals surface area contributed by atoms with Gasteiger partial charge in [0.25, 0.3) is 5.91 Å². The lowest BCUT2D eigenvalue weighted by Crippen LogP contribution is -2.46. The monoisotopic (exact) mass is 252 g/mol. The van der Waals surface area contributed by atoms with Crippen LogP contribution in [0.5, 0.6) is 0 Å². The summed E-state index contributed by atoms with van der Waals surface area (Å²) in [7, 11) is 1.67. The van der Waals surface area contributed by atoms with Crippen LogP contribution in [0.4, 0.5) is 4.79 Å². The van der Waals surface area contributed by atoms with Crippen molar-refractivity contribution in [3.63, 3.8) is 0 Å². The number of carbonyl (C=O) groups is 3. The second-order valence-corrected chi connectivity index (χ2v) is 4.07. The number of urea groups is 1. The smallest absolute Gasteiger partial charge is 0.322 e. The van der Waals surface area contributed by atoms with Crippen molar-refractivity contribution in [3.8, 4) is 0 Å². The van der Waals surface area contributed by atoms with Gasteiger partial charge in [0.05, 0.1) is 0 Å². The quantitative estimate of drug-likeness (QED) is 0.614. The number of aliphatic carboxylic acids is 1. The molecule has 8 heteroatoms. The second kappa shape index (κ2) is 4.13. The van der Waals surface area contributed by atoms with Gasteiger partial charge < -0.3 is 15.0 Å². The molecule has 1 fully saturated rings. The van der Waals surface area contributed by atoms with E-state index in [0.717, 1.165) is 0 Å². The van der Waals surface area contributed by atoms with Gasteiger partial charge in [0.2, 0.25) is 0 Å². The minimum Gasteiger partial charge on any atom is -0.481 e. The van der Waals surface area contributed by atoms with Crippen molar-refractivity contribution in [1.82, 2.24) is 20.2 Å². The molecule has 0 spiro atoms.